The van der Waals surface area contributed by atoms with Crippen molar-refractivity contribution in [3.05, 3.63) is 83.9 Å². The molecule has 0 heterocycles. The summed E-state index contributed by atoms with van der Waals surface area (Å²) in [5.41, 5.74) is 2.27. The van der Waals surface area contributed by atoms with E-state index in [0.29, 0.717) is 41.7 Å². The lowest BCUT2D eigenvalue weighted by atomic mass is 10.2. The largest absolute Gasteiger partial charge is 0.493 e. The van der Waals surface area contributed by atoms with E-state index in [9.17, 15) is 4.79 Å². The maximum atomic E-state index is 12.5. The Morgan fingerprint density at radius 1 is 0.893 bits per heavy atom. The SMILES string of the molecule is CCOc1ccc(NC(=O)c2ccc(OCc3ccccc3)cc2)cc1OC. The summed E-state index contributed by atoms with van der Waals surface area (Å²) in [5, 5.41) is 2.86. The molecular weight excluding hydrogens is 354 g/mol. The van der Waals surface area contributed by atoms with Crippen molar-refractivity contribution in [1.29, 1.82) is 0 Å². The minimum atomic E-state index is -0.208. The first kappa shape index (κ1) is 19.3. The van der Waals surface area contributed by atoms with Crippen LogP contribution in [0.4, 0.5) is 5.69 Å². The Balaban J connectivity index is 1.61. The fourth-order valence-electron chi connectivity index (χ4n) is 2.67. The molecule has 1 amide bonds. The van der Waals surface area contributed by atoms with Gasteiger partial charge in [-0.2, -0.15) is 0 Å². The number of amides is 1. The Morgan fingerprint density at radius 2 is 1.64 bits per heavy atom. The first-order valence-electron chi connectivity index (χ1n) is 9.08. The normalized spacial score (nSPS) is 10.2. The predicted octanol–water partition coefficient (Wildman–Crippen LogP) is 4.93. The topological polar surface area (TPSA) is 56.8 Å². The highest BCUT2D eigenvalue weighted by molar-refractivity contribution is 6.04. The van der Waals surface area contributed by atoms with Crippen molar-refractivity contribution in [3.63, 3.8) is 0 Å². The van der Waals surface area contributed by atoms with Crippen LogP contribution in [0.3, 0.4) is 0 Å². The van der Waals surface area contributed by atoms with Gasteiger partial charge in [-0.1, -0.05) is 30.3 Å². The van der Waals surface area contributed by atoms with Crippen LogP contribution < -0.4 is 19.5 Å². The van der Waals surface area contributed by atoms with E-state index in [0.717, 1.165) is 5.56 Å². The van der Waals surface area contributed by atoms with E-state index in [1.807, 2.05) is 37.3 Å². The first-order valence-corrected chi connectivity index (χ1v) is 9.08. The predicted molar refractivity (Wildman–Crippen MR) is 109 cm³/mol. The Kier molecular flexibility index (Phi) is 6.52. The van der Waals surface area contributed by atoms with Crippen LogP contribution in [0, 0.1) is 0 Å². The van der Waals surface area contributed by atoms with Crippen molar-refractivity contribution in [2.24, 2.45) is 0 Å². The Labute approximate surface area is 164 Å². The van der Waals surface area contributed by atoms with Gasteiger partial charge in [-0.15, -0.1) is 0 Å². The van der Waals surface area contributed by atoms with Crippen molar-refractivity contribution < 1.29 is 19.0 Å². The Morgan fingerprint density at radius 3 is 2.32 bits per heavy atom. The molecule has 0 atom stereocenters. The van der Waals surface area contributed by atoms with Crippen LogP contribution in [0.1, 0.15) is 22.8 Å². The van der Waals surface area contributed by atoms with Gasteiger partial charge in [0.2, 0.25) is 0 Å². The second-order valence-electron chi connectivity index (χ2n) is 6.05. The number of rotatable bonds is 8. The van der Waals surface area contributed by atoms with Crippen molar-refractivity contribution in [2.45, 2.75) is 13.5 Å². The van der Waals surface area contributed by atoms with E-state index in [-0.39, 0.29) is 5.91 Å². The molecule has 5 nitrogen and oxygen atoms in total. The number of hydrogen-bond acceptors (Lipinski definition) is 4. The third-order valence-corrected chi connectivity index (χ3v) is 4.09. The van der Waals surface area contributed by atoms with E-state index in [2.05, 4.69) is 5.32 Å². The van der Waals surface area contributed by atoms with Crippen LogP contribution in [0.25, 0.3) is 0 Å². The third-order valence-electron chi connectivity index (χ3n) is 4.09. The highest BCUT2D eigenvalue weighted by Gasteiger charge is 2.10. The highest BCUT2D eigenvalue weighted by atomic mass is 16.5. The molecule has 0 aliphatic carbocycles. The summed E-state index contributed by atoms with van der Waals surface area (Å²) >= 11 is 0. The van der Waals surface area contributed by atoms with E-state index >= 15 is 0 Å². The Hall–Kier alpha value is -3.47. The Bertz CT molecular complexity index is 908. The smallest absolute Gasteiger partial charge is 0.255 e. The van der Waals surface area contributed by atoms with Crippen molar-refractivity contribution in [3.8, 4) is 17.2 Å². The molecule has 1 N–H and O–H groups in total. The summed E-state index contributed by atoms with van der Waals surface area (Å²) < 4.78 is 16.6. The fraction of sp³-hybridized carbons (Fsp3) is 0.174. The summed E-state index contributed by atoms with van der Waals surface area (Å²) in [6, 6.07) is 22.3. The van der Waals surface area contributed by atoms with E-state index < -0.39 is 0 Å². The number of carbonyl (C=O) groups is 1. The van der Waals surface area contributed by atoms with Crippen LogP contribution in [-0.4, -0.2) is 19.6 Å². The number of methoxy groups -OCH3 is 1. The summed E-state index contributed by atoms with van der Waals surface area (Å²) in [7, 11) is 1.57. The number of ether oxygens (including phenoxy) is 3. The molecule has 28 heavy (non-hydrogen) atoms. The minimum Gasteiger partial charge on any atom is -0.493 e. The minimum absolute atomic E-state index is 0.208. The van der Waals surface area contributed by atoms with Gasteiger partial charge in [0.05, 0.1) is 13.7 Å². The second-order valence-corrected chi connectivity index (χ2v) is 6.05. The lowest BCUT2D eigenvalue weighted by Crippen LogP contribution is -2.12. The molecule has 0 aliphatic heterocycles. The van der Waals surface area contributed by atoms with E-state index in [4.69, 9.17) is 14.2 Å². The molecule has 0 unspecified atom stereocenters. The van der Waals surface area contributed by atoms with Gasteiger partial charge < -0.3 is 19.5 Å². The number of anilines is 1. The van der Waals surface area contributed by atoms with Gasteiger partial charge in [-0.3, -0.25) is 4.79 Å². The molecule has 0 spiro atoms. The van der Waals surface area contributed by atoms with Crippen LogP contribution in [-0.2, 0) is 6.61 Å². The number of benzene rings is 3. The second kappa shape index (κ2) is 9.46. The van der Waals surface area contributed by atoms with Gasteiger partial charge in [0.1, 0.15) is 12.4 Å². The van der Waals surface area contributed by atoms with E-state index in [1.54, 1.807) is 49.6 Å². The van der Waals surface area contributed by atoms with Crippen LogP contribution in [0.2, 0.25) is 0 Å². The molecule has 0 bridgehead atoms. The van der Waals surface area contributed by atoms with Gasteiger partial charge >= 0.3 is 0 Å². The molecule has 0 radical (unpaired) electrons. The third kappa shape index (κ3) is 5.04. The number of nitrogens with one attached hydrogen (secondary N) is 1. The average Bonchev–Trinajstić information content (AvgIpc) is 2.74. The lowest BCUT2D eigenvalue weighted by molar-refractivity contribution is 0.102. The van der Waals surface area contributed by atoms with Gasteiger partial charge in [0.25, 0.3) is 5.91 Å². The van der Waals surface area contributed by atoms with Crippen molar-refractivity contribution in [2.75, 3.05) is 19.0 Å². The maximum absolute atomic E-state index is 12.5. The van der Waals surface area contributed by atoms with Crippen LogP contribution in [0.15, 0.2) is 72.8 Å². The molecule has 0 fully saturated rings. The summed E-state index contributed by atoms with van der Waals surface area (Å²) in [6.45, 7) is 2.93. The quantitative estimate of drug-likeness (QED) is 0.605. The first-order chi connectivity index (χ1) is 13.7. The molecule has 3 aromatic rings. The van der Waals surface area contributed by atoms with E-state index in [1.165, 1.54) is 0 Å². The van der Waals surface area contributed by atoms with Crippen molar-refractivity contribution >= 4 is 11.6 Å². The van der Waals surface area contributed by atoms with Crippen LogP contribution >= 0.6 is 0 Å². The zero-order valence-corrected chi connectivity index (χ0v) is 16.0. The lowest BCUT2D eigenvalue weighted by Gasteiger charge is -2.12. The molecule has 0 saturated carbocycles. The van der Waals surface area contributed by atoms with Gasteiger partial charge in [0, 0.05) is 17.3 Å². The van der Waals surface area contributed by atoms with Gasteiger partial charge in [0.15, 0.2) is 11.5 Å². The van der Waals surface area contributed by atoms with Gasteiger partial charge in [-0.05, 0) is 48.9 Å². The molecule has 3 aromatic carbocycles. The summed E-state index contributed by atoms with van der Waals surface area (Å²) in [6.07, 6.45) is 0. The number of hydrogen-bond donors (Lipinski definition) is 1. The molecule has 0 saturated heterocycles. The van der Waals surface area contributed by atoms with Crippen molar-refractivity contribution in [1.82, 2.24) is 0 Å². The summed E-state index contributed by atoms with van der Waals surface area (Å²) in [5.74, 6) is 1.72. The zero-order chi connectivity index (χ0) is 19.8. The average molecular weight is 377 g/mol. The standard InChI is InChI=1S/C23H23NO4/c1-3-27-21-14-11-19(15-22(21)26-2)24-23(25)18-9-12-20(13-10-18)28-16-17-7-5-4-6-8-17/h4-15H,3,16H2,1-2H3,(H,24,25). The monoisotopic (exact) mass is 377 g/mol. The maximum Gasteiger partial charge on any atom is 0.255 e. The molecule has 5 heteroatoms. The summed E-state index contributed by atoms with van der Waals surface area (Å²) in [4.78, 5) is 12.5. The zero-order valence-electron chi connectivity index (χ0n) is 16.0. The fourth-order valence-corrected chi connectivity index (χ4v) is 2.67. The molecule has 0 aliphatic rings. The molecule has 144 valence electrons. The molecule has 0 aromatic heterocycles. The van der Waals surface area contributed by atoms with Crippen LogP contribution in [0.5, 0.6) is 17.2 Å². The molecule has 3 rings (SSSR count). The highest BCUT2D eigenvalue weighted by Crippen LogP contribution is 2.30. The van der Waals surface area contributed by atoms with Gasteiger partial charge in [-0.25, -0.2) is 0 Å². The molecular formula is C23H23NO4. The number of carbonyl (C=O) groups excluding carboxylic acids is 1.